The van der Waals surface area contributed by atoms with Gasteiger partial charge in [-0.2, -0.15) is 0 Å². The molecule has 0 fully saturated rings. The second kappa shape index (κ2) is 10.3. The van der Waals surface area contributed by atoms with Crippen LogP contribution in [0.4, 0.5) is 0 Å². The molecule has 0 atom stereocenters. The SMILES string of the molecule is c1ccc(-n2c3cc(-c4ccc5c(c4)c4ccc6c7ccccc7oc6c4n5-c4ccccc4)ccc3c3cc4c(cc32)oc2ccccc24)cc1. The first-order valence-electron chi connectivity index (χ1n) is 17.7. The molecule has 0 aliphatic heterocycles. The fourth-order valence-corrected chi connectivity index (χ4v) is 8.58. The van der Waals surface area contributed by atoms with Crippen molar-refractivity contribution in [3.8, 4) is 22.5 Å². The Kier molecular flexibility index (Phi) is 5.47. The first kappa shape index (κ1) is 27.7. The van der Waals surface area contributed by atoms with Crippen molar-refractivity contribution in [1.29, 1.82) is 0 Å². The monoisotopic (exact) mass is 664 g/mol. The van der Waals surface area contributed by atoms with Crippen LogP contribution in [0.25, 0.3) is 110 Å². The van der Waals surface area contributed by atoms with Crippen molar-refractivity contribution in [2.24, 2.45) is 0 Å². The van der Waals surface area contributed by atoms with Gasteiger partial charge in [0.2, 0.25) is 0 Å². The average Bonchev–Trinajstić information content (AvgIpc) is 3.94. The van der Waals surface area contributed by atoms with Crippen LogP contribution in [0.2, 0.25) is 0 Å². The van der Waals surface area contributed by atoms with E-state index in [1.54, 1.807) is 0 Å². The Bertz CT molecular complexity index is 3400. The highest BCUT2D eigenvalue weighted by atomic mass is 16.3. The Hall–Kier alpha value is -7.04. The molecule has 4 heteroatoms. The van der Waals surface area contributed by atoms with Crippen LogP contribution in [-0.4, -0.2) is 9.13 Å². The van der Waals surface area contributed by atoms with Crippen LogP contribution in [0.5, 0.6) is 0 Å². The molecule has 0 aliphatic carbocycles. The van der Waals surface area contributed by atoms with Crippen LogP contribution >= 0.6 is 0 Å². The van der Waals surface area contributed by atoms with E-state index in [4.69, 9.17) is 8.83 Å². The highest BCUT2D eigenvalue weighted by molar-refractivity contribution is 6.22. The largest absolute Gasteiger partial charge is 0.456 e. The van der Waals surface area contributed by atoms with E-state index in [9.17, 15) is 0 Å². The predicted molar refractivity (Wildman–Crippen MR) is 215 cm³/mol. The van der Waals surface area contributed by atoms with Gasteiger partial charge in [-0.15, -0.1) is 0 Å². The third-order valence-corrected chi connectivity index (χ3v) is 10.9. The summed E-state index contributed by atoms with van der Waals surface area (Å²) >= 11 is 0. The number of rotatable bonds is 3. The van der Waals surface area contributed by atoms with Crippen LogP contribution < -0.4 is 0 Å². The van der Waals surface area contributed by atoms with Gasteiger partial charge in [-0.05, 0) is 77.9 Å². The van der Waals surface area contributed by atoms with Gasteiger partial charge in [-0.3, -0.25) is 0 Å². The van der Waals surface area contributed by atoms with E-state index in [0.29, 0.717) is 0 Å². The van der Waals surface area contributed by atoms with Crippen molar-refractivity contribution in [2.75, 3.05) is 0 Å². The maximum absolute atomic E-state index is 6.62. The molecule has 0 N–H and O–H groups in total. The Morgan fingerprint density at radius 1 is 0.308 bits per heavy atom. The van der Waals surface area contributed by atoms with Crippen LogP contribution in [0.1, 0.15) is 0 Å². The smallest absolute Gasteiger partial charge is 0.160 e. The molecule has 0 saturated carbocycles. The quantitative estimate of drug-likeness (QED) is 0.188. The number of furan rings is 2. The molecule has 0 saturated heterocycles. The number of hydrogen-bond donors (Lipinski definition) is 0. The minimum Gasteiger partial charge on any atom is -0.456 e. The van der Waals surface area contributed by atoms with Crippen molar-refractivity contribution >= 4 is 87.5 Å². The molecule has 0 amide bonds. The molecule has 4 aromatic heterocycles. The molecule has 12 aromatic rings. The maximum atomic E-state index is 6.62. The minimum absolute atomic E-state index is 0.896. The number of nitrogens with zero attached hydrogens (tertiary/aromatic N) is 2. The molecule has 8 aromatic carbocycles. The first-order valence-corrected chi connectivity index (χ1v) is 17.7. The second-order valence-electron chi connectivity index (χ2n) is 13.7. The molecule has 0 radical (unpaired) electrons. The van der Waals surface area contributed by atoms with Crippen LogP contribution in [0.15, 0.2) is 179 Å². The topological polar surface area (TPSA) is 36.1 Å². The lowest BCUT2D eigenvalue weighted by atomic mass is 10.0. The molecular formula is C48H28N2O2. The third kappa shape index (κ3) is 3.75. The summed E-state index contributed by atoms with van der Waals surface area (Å²) in [7, 11) is 0. The zero-order chi connectivity index (χ0) is 33.9. The highest BCUT2D eigenvalue weighted by Gasteiger charge is 2.21. The van der Waals surface area contributed by atoms with Crippen molar-refractivity contribution in [3.05, 3.63) is 170 Å². The van der Waals surface area contributed by atoms with E-state index in [2.05, 4.69) is 161 Å². The highest BCUT2D eigenvalue weighted by Crippen LogP contribution is 2.43. The Balaban J connectivity index is 1.13. The van der Waals surface area contributed by atoms with Crippen molar-refractivity contribution < 1.29 is 8.83 Å². The second-order valence-corrected chi connectivity index (χ2v) is 13.7. The lowest BCUT2D eigenvalue weighted by Crippen LogP contribution is -1.94. The number of fused-ring (bicyclic) bond motifs is 13. The third-order valence-electron chi connectivity index (χ3n) is 10.9. The molecule has 242 valence electrons. The summed E-state index contributed by atoms with van der Waals surface area (Å²) in [5.41, 5.74) is 12.7. The summed E-state index contributed by atoms with van der Waals surface area (Å²) in [5.74, 6) is 0. The van der Waals surface area contributed by atoms with Crippen molar-refractivity contribution in [3.63, 3.8) is 0 Å². The number of aromatic nitrogens is 2. The summed E-state index contributed by atoms with van der Waals surface area (Å²) in [5, 5.41) is 9.31. The number of para-hydroxylation sites is 4. The average molecular weight is 665 g/mol. The molecule has 52 heavy (non-hydrogen) atoms. The summed E-state index contributed by atoms with van der Waals surface area (Å²) in [6.45, 7) is 0. The molecule has 4 heterocycles. The normalized spacial score (nSPS) is 12.2. The summed E-state index contributed by atoms with van der Waals surface area (Å²) < 4.78 is 17.7. The standard InChI is InChI=1S/C48H28N2O2/c1-3-11-31(12-4-1)49-42-26-30(19-21-33(42)39-27-40-35-16-8-9-17-44(35)51-46(40)28-43(39)49)29-20-24-41-38(25-29)36-22-23-37-34-15-7-10-18-45(34)52-48(37)47(36)50(41)32-13-5-2-6-14-32/h1-28H. The lowest BCUT2D eigenvalue weighted by Gasteiger charge is -2.10. The van der Waals surface area contributed by atoms with E-state index in [1.165, 1.54) is 21.5 Å². The van der Waals surface area contributed by atoms with Gasteiger partial charge in [-0.1, -0.05) is 97.1 Å². The summed E-state index contributed by atoms with van der Waals surface area (Å²) in [6.07, 6.45) is 0. The molecule has 0 aliphatic rings. The van der Waals surface area contributed by atoms with E-state index >= 15 is 0 Å². The van der Waals surface area contributed by atoms with Gasteiger partial charge in [0, 0.05) is 60.5 Å². The Morgan fingerprint density at radius 3 is 1.67 bits per heavy atom. The first-order chi connectivity index (χ1) is 25.8. The molecule has 0 unspecified atom stereocenters. The maximum Gasteiger partial charge on any atom is 0.160 e. The van der Waals surface area contributed by atoms with E-state index in [1.807, 2.05) is 18.2 Å². The summed E-state index contributed by atoms with van der Waals surface area (Å²) in [6, 6.07) is 60.6. The zero-order valence-corrected chi connectivity index (χ0v) is 27.9. The van der Waals surface area contributed by atoms with Crippen LogP contribution in [-0.2, 0) is 0 Å². The molecule has 4 nitrogen and oxygen atoms in total. The van der Waals surface area contributed by atoms with Gasteiger partial charge < -0.3 is 18.0 Å². The molecule has 0 spiro atoms. The van der Waals surface area contributed by atoms with Gasteiger partial charge in [0.1, 0.15) is 16.7 Å². The van der Waals surface area contributed by atoms with E-state index < -0.39 is 0 Å². The minimum atomic E-state index is 0.896. The number of hydrogen-bond acceptors (Lipinski definition) is 2. The molecule has 12 rings (SSSR count). The zero-order valence-electron chi connectivity index (χ0n) is 27.9. The fraction of sp³-hybridized carbons (Fsp3) is 0. The van der Waals surface area contributed by atoms with Crippen LogP contribution in [0, 0.1) is 0 Å². The van der Waals surface area contributed by atoms with Crippen molar-refractivity contribution in [2.45, 2.75) is 0 Å². The van der Waals surface area contributed by atoms with E-state index in [0.717, 1.165) is 88.4 Å². The van der Waals surface area contributed by atoms with Gasteiger partial charge in [0.25, 0.3) is 0 Å². The molecule has 0 bridgehead atoms. The Labute approximate surface area is 296 Å². The fourth-order valence-electron chi connectivity index (χ4n) is 8.58. The van der Waals surface area contributed by atoms with Crippen molar-refractivity contribution in [1.82, 2.24) is 9.13 Å². The van der Waals surface area contributed by atoms with Gasteiger partial charge in [0.05, 0.1) is 22.1 Å². The van der Waals surface area contributed by atoms with Gasteiger partial charge >= 0.3 is 0 Å². The number of benzene rings is 8. The lowest BCUT2D eigenvalue weighted by molar-refractivity contribution is 0.669. The van der Waals surface area contributed by atoms with Gasteiger partial charge in [0.15, 0.2) is 5.58 Å². The van der Waals surface area contributed by atoms with Crippen LogP contribution in [0.3, 0.4) is 0 Å². The van der Waals surface area contributed by atoms with Gasteiger partial charge in [-0.25, -0.2) is 0 Å². The Morgan fingerprint density at radius 2 is 0.885 bits per heavy atom. The summed E-state index contributed by atoms with van der Waals surface area (Å²) in [4.78, 5) is 0. The predicted octanol–water partition coefficient (Wildman–Crippen LogP) is 13.3. The molecular weight excluding hydrogens is 637 g/mol. The van der Waals surface area contributed by atoms with E-state index in [-0.39, 0.29) is 0 Å².